The molecule has 1 rings (SSSR count). The van der Waals surface area contributed by atoms with Crippen molar-refractivity contribution in [1.29, 1.82) is 5.41 Å². The Hall–Kier alpha value is -1.24. The molecule has 0 aromatic rings. The predicted octanol–water partition coefficient (Wildman–Crippen LogP) is 0.968. The Morgan fingerprint density at radius 3 is 2.36 bits per heavy atom. The molecule has 1 atom stereocenters. The highest BCUT2D eigenvalue weighted by atomic mass is 16.1. The molecule has 0 saturated heterocycles. The van der Waals surface area contributed by atoms with Gasteiger partial charge in [-0.2, -0.15) is 0 Å². The molecule has 22 heavy (non-hydrogen) atoms. The van der Waals surface area contributed by atoms with Crippen LogP contribution in [0, 0.1) is 5.41 Å². The lowest BCUT2D eigenvalue weighted by atomic mass is 9.70. The summed E-state index contributed by atoms with van der Waals surface area (Å²) in [6.07, 6.45) is 11.7. The lowest BCUT2D eigenvalue weighted by Gasteiger charge is -2.17. The van der Waals surface area contributed by atoms with Crippen LogP contribution in [0.5, 0.6) is 0 Å². The van der Waals surface area contributed by atoms with E-state index < -0.39 is 6.04 Å². The Morgan fingerprint density at radius 1 is 1.18 bits per heavy atom. The zero-order valence-electron chi connectivity index (χ0n) is 13.7. The van der Waals surface area contributed by atoms with Gasteiger partial charge in [-0.3, -0.25) is 10.2 Å². The molecule has 0 heterocycles. The Kier molecular flexibility index (Phi) is 9.70. The van der Waals surface area contributed by atoms with Gasteiger partial charge in [-0.1, -0.05) is 51.4 Å². The predicted molar refractivity (Wildman–Crippen MR) is 93.1 cm³/mol. The van der Waals surface area contributed by atoms with Gasteiger partial charge in [-0.05, 0) is 18.7 Å². The van der Waals surface area contributed by atoms with E-state index in [0.717, 1.165) is 13.8 Å². The van der Waals surface area contributed by atoms with Crippen LogP contribution in [0.1, 0.15) is 64.2 Å². The minimum Gasteiger partial charge on any atom is -0.401 e. The smallest absolute Gasteiger partial charge is 0.239 e. The third-order valence-corrected chi connectivity index (χ3v) is 4.38. The Bertz CT molecular complexity index is 330. The first-order valence-electron chi connectivity index (χ1n) is 8.70. The number of hydrogen-bond acceptors (Lipinski definition) is 3. The number of nitrogens with one attached hydrogen (secondary N) is 3. The third-order valence-electron chi connectivity index (χ3n) is 4.38. The second-order valence-corrected chi connectivity index (χ2v) is 6.40. The molecule has 126 valence electrons. The average molecular weight is 309 g/mol. The van der Waals surface area contributed by atoms with Gasteiger partial charge in [0.15, 0.2) is 5.96 Å². The molecular formula is C15H32BN5O. The molecule has 1 saturated carbocycles. The Labute approximate surface area is 134 Å². The first-order chi connectivity index (χ1) is 10.6. The van der Waals surface area contributed by atoms with Crippen LogP contribution in [0.15, 0.2) is 0 Å². The molecule has 0 radical (unpaired) electrons. The fourth-order valence-electron chi connectivity index (χ4n) is 2.97. The number of nitrogens with two attached hydrogens (primary N) is 2. The maximum Gasteiger partial charge on any atom is 0.239 e. The first-order valence-corrected chi connectivity index (χ1v) is 8.70. The molecule has 1 aliphatic rings. The van der Waals surface area contributed by atoms with Crippen LogP contribution in [-0.4, -0.2) is 31.9 Å². The summed E-state index contributed by atoms with van der Waals surface area (Å²) in [5.74, 6) is 0.509. The minimum atomic E-state index is -0.468. The van der Waals surface area contributed by atoms with Crippen molar-refractivity contribution >= 4 is 19.3 Å². The quantitative estimate of drug-likeness (QED) is 0.208. The van der Waals surface area contributed by atoms with Crippen molar-refractivity contribution < 1.29 is 4.79 Å². The van der Waals surface area contributed by atoms with Gasteiger partial charge in [0, 0.05) is 6.54 Å². The van der Waals surface area contributed by atoms with E-state index in [4.69, 9.17) is 16.9 Å². The fraction of sp³-hybridized carbons (Fsp3) is 0.867. The summed E-state index contributed by atoms with van der Waals surface area (Å²) >= 11 is 0. The van der Waals surface area contributed by atoms with Crippen molar-refractivity contribution in [2.75, 3.05) is 6.54 Å². The lowest BCUT2D eigenvalue weighted by Crippen LogP contribution is -2.43. The van der Waals surface area contributed by atoms with E-state index in [1.165, 1.54) is 51.4 Å². The molecule has 0 bridgehead atoms. The number of carbonyl (C=O) groups excluding carboxylic acids is 1. The normalized spacial score (nSPS) is 18.4. The minimum absolute atomic E-state index is 0.0433. The van der Waals surface area contributed by atoms with Crippen molar-refractivity contribution in [3.8, 4) is 0 Å². The van der Waals surface area contributed by atoms with E-state index in [2.05, 4.69) is 10.5 Å². The summed E-state index contributed by atoms with van der Waals surface area (Å²) in [6, 6.07) is -0.468. The van der Waals surface area contributed by atoms with Crippen LogP contribution in [0.3, 0.4) is 0 Å². The van der Waals surface area contributed by atoms with Crippen molar-refractivity contribution in [3.05, 3.63) is 0 Å². The second-order valence-electron chi connectivity index (χ2n) is 6.40. The topological polar surface area (TPSA) is 117 Å². The lowest BCUT2D eigenvalue weighted by molar-refractivity contribution is -0.120. The maximum absolute atomic E-state index is 12.0. The number of hydrogen-bond donors (Lipinski definition) is 5. The molecule has 0 spiro atoms. The van der Waals surface area contributed by atoms with Crippen molar-refractivity contribution in [3.63, 3.8) is 0 Å². The number of amides is 1. The van der Waals surface area contributed by atoms with Gasteiger partial charge in [0.1, 0.15) is 0 Å². The number of carbonyl (C=O) groups is 1. The van der Waals surface area contributed by atoms with Gasteiger partial charge in [0.2, 0.25) is 13.3 Å². The summed E-state index contributed by atoms with van der Waals surface area (Å²) in [5, 5.41) is 12.8. The van der Waals surface area contributed by atoms with E-state index in [9.17, 15) is 4.79 Å². The molecule has 7 heteroatoms. The fourth-order valence-corrected chi connectivity index (χ4v) is 2.97. The van der Waals surface area contributed by atoms with Gasteiger partial charge in [0.25, 0.3) is 0 Å². The molecule has 6 nitrogen and oxygen atoms in total. The van der Waals surface area contributed by atoms with Crippen molar-refractivity contribution in [1.82, 2.24) is 10.5 Å². The molecule has 0 unspecified atom stereocenters. The zero-order valence-corrected chi connectivity index (χ0v) is 13.7. The van der Waals surface area contributed by atoms with Gasteiger partial charge < -0.3 is 22.0 Å². The molecule has 0 aromatic heterocycles. The van der Waals surface area contributed by atoms with Crippen molar-refractivity contribution in [2.45, 2.75) is 76.1 Å². The van der Waals surface area contributed by atoms with Crippen LogP contribution in [-0.2, 0) is 4.79 Å². The Balaban J connectivity index is 2.17. The third kappa shape index (κ3) is 8.92. The van der Waals surface area contributed by atoms with E-state index in [1.807, 2.05) is 0 Å². The van der Waals surface area contributed by atoms with Gasteiger partial charge in [-0.25, -0.2) is 0 Å². The van der Waals surface area contributed by atoms with Crippen molar-refractivity contribution in [2.24, 2.45) is 11.5 Å². The van der Waals surface area contributed by atoms with E-state index in [0.29, 0.717) is 18.8 Å². The zero-order chi connectivity index (χ0) is 16.2. The molecule has 1 aliphatic carbocycles. The monoisotopic (exact) mass is 309 g/mol. The van der Waals surface area contributed by atoms with Gasteiger partial charge in [-0.15, -0.1) is 0 Å². The highest BCUT2D eigenvalue weighted by Crippen LogP contribution is 2.24. The summed E-state index contributed by atoms with van der Waals surface area (Å²) in [5.41, 5.74) is 11.1. The largest absolute Gasteiger partial charge is 0.401 e. The standard InChI is InChI=1S/C15H32BN5O/c17-13(10-7-11-20-15(18)19)14(22)21-16-12-8-5-3-1-2-4-6-9-12/h12-13,16H,1-11,17H2,(H,21,22)(H4,18,19,20)/t13-/m0/s1. The van der Waals surface area contributed by atoms with E-state index in [-0.39, 0.29) is 11.9 Å². The summed E-state index contributed by atoms with van der Waals surface area (Å²) in [7, 11) is 0.762. The van der Waals surface area contributed by atoms with Crippen LogP contribution in [0.25, 0.3) is 0 Å². The van der Waals surface area contributed by atoms with Crippen LogP contribution < -0.4 is 22.0 Å². The molecule has 1 fully saturated rings. The number of guanidine groups is 1. The molecule has 7 N–H and O–H groups in total. The van der Waals surface area contributed by atoms with Crippen LogP contribution >= 0.6 is 0 Å². The SMILES string of the molecule is N=C(N)NCCC[C@H](N)C(=O)NBC1CCCCCCCC1. The molecule has 0 aliphatic heterocycles. The summed E-state index contributed by atoms with van der Waals surface area (Å²) in [6.45, 7) is 0.582. The van der Waals surface area contributed by atoms with Crippen LogP contribution in [0.2, 0.25) is 5.82 Å². The van der Waals surface area contributed by atoms with E-state index >= 15 is 0 Å². The molecule has 1 amide bonds. The van der Waals surface area contributed by atoms with E-state index in [1.54, 1.807) is 0 Å². The van der Waals surface area contributed by atoms with Gasteiger partial charge in [0.05, 0.1) is 6.04 Å². The second kappa shape index (κ2) is 11.3. The number of rotatable bonds is 7. The van der Waals surface area contributed by atoms with Crippen LogP contribution in [0.4, 0.5) is 0 Å². The summed E-state index contributed by atoms with van der Waals surface area (Å²) < 4.78 is 0. The first kappa shape index (κ1) is 18.8. The highest BCUT2D eigenvalue weighted by Gasteiger charge is 2.17. The molecular weight excluding hydrogens is 277 g/mol. The molecule has 0 aromatic carbocycles. The Morgan fingerprint density at radius 2 is 1.77 bits per heavy atom. The highest BCUT2D eigenvalue weighted by molar-refractivity contribution is 6.39. The van der Waals surface area contributed by atoms with Gasteiger partial charge >= 0.3 is 0 Å². The summed E-state index contributed by atoms with van der Waals surface area (Å²) in [4.78, 5) is 12.0. The maximum atomic E-state index is 12.0. The average Bonchev–Trinajstić information content (AvgIpc) is 2.62.